The van der Waals surface area contributed by atoms with Crippen LogP contribution in [0, 0.1) is 13.8 Å². The van der Waals surface area contributed by atoms with Crippen molar-refractivity contribution in [2.75, 3.05) is 11.9 Å². The standard InChI is InChI=1S/C17H19N3O/c1-11-4-3-5-16(12(11)2)20-17(21)15-10-19-9-13-8-18-7-6-14(13)15/h3-5,9-10,18H,6-8H2,1-2H3,(H,20,21). The fourth-order valence-corrected chi connectivity index (χ4v) is 2.69. The van der Waals surface area contributed by atoms with Gasteiger partial charge in [0.1, 0.15) is 0 Å². The highest BCUT2D eigenvalue weighted by Crippen LogP contribution is 2.21. The Kier molecular flexibility index (Phi) is 3.71. The van der Waals surface area contributed by atoms with Gasteiger partial charge in [-0.05, 0) is 55.1 Å². The van der Waals surface area contributed by atoms with E-state index < -0.39 is 0 Å². The predicted octanol–water partition coefficient (Wildman–Crippen LogP) is 2.60. The summed E-state index contributed by atoms with van der Waals surface area (Å²) in [5, 5.41) is 6.32. The summed E-state index contributed by atoms with van der Waals surface area (Å²) < 4.78 is 0. The van der Waals surface area contributed by atoms with Gasteiger partial charge in [0.05, 0.1) is 5.56 Å². The van der Waals surface area contributed by atoms with Gasteiger partial charge in [-0.1, -0.05) is 12.1 Å². The Balaban J connectivity index is 1.91. The van der Waals surface area contributed by atoms with Crippen molar-refractivity contribution < 1.29 is 4.79 Å². The van der Waals surface area contributed by atoms with Crippen LogP contribution in [0.5, 0.6) is 0 Å². The molecule has 1 amide bonds. The lowest BCUT2D eigenvalue weighted by atomic mass is 9.97. The van der Waals surface area contributed by atoms with Gasteiger partial charge in [0.25, 0.3) is 5.91 Å². The van der Waals surface area contributed by atoms with Crippen LogP contribution in [0.3, 0.4) is 0 Å². The van der Waals surface area contributed by atoms with Gasteiger partial charge in [0.2, 0.25) is 0 Å². The second kappa shape index (κ2) is 5.66. The van der Waals surface area contributed by atoms with Gasteiger partial charge in [-0.2, -0.15) is 0 Å². The first kappa shape index (κ1) is 13.8. The average molecular weight is 281 g/mol. The molecule has 0 spiro atoms. The number of carbonyl (C=O) groups is 1. The van der Waals surface area contributed by atoms with E-state index in [1.165, 1.54) is 5.56 Å². The normalized spacial score (nSPS) is 13.6. The van der Waals surface area contributed by atoms with Crippen LogP contribution < -0.4 is 10.6 Å². The molecule has 2 aromatic rings. The molecule has 0 saturated carbocycles. The van der Waals surface area contributed by atoms with Crippen molar-refractivity contribution in [2.24, 2.45) is 0 Å². The second-order valence-electron chi connectivity index (χ2n) is 5.45. The molecule has 1 aromatic heterocycles. The summed E-state index contributed by atoms with van der Waals surface area (Å²) in [5.74, 6) is -0.0741. The number of benzene rings is 1. The lowest BCUT2D eigenvalue weighted by Crippen LogP contribution is -2.27. The van der Waals surface area contributed by atoms with Crippen molar-refractivity contribution in [3.05, 3.63) is 58.4 Å². The molecule has 0 radical (unpaired) electrons. The fourth-order valence-electron chi connectivity index (χ4n) is 2.69. The van der Waals surface area contributed by atoms with E-state index in [9.17, 15) is 4.79 Å². The first-order chi connectivity index (χ1) is 10.2. The molecule has 2 N–H and O–H groups in total. The summed E-state index contributed by atoms with van der Waals surface area (Å²) in [4.78, 5) is 16.8. The lowest BCUT2D eigenvalue weighted by Gasteiger charge is -2.19. The van der Waals surface area contributed by atoms with Gasteiger partial charge < -0.3 is 10.6 Å². The Morgan fingerprint density at radius 3 is 3.00 bits per heavy atom. The molecule has 0 aliphatic carbocycles. The third-order valence-corrected chi connectivity index (χ3v) is 4.11. The van der Waals surface area contributed by atoms with Crippen LogP contribution in [0.1, 0.15) is 32.6 Å². The molecular formula is C17H19N3O. The van der Waals surface area contributed by atoms with Crippen molar-refractivity contribution in [3.63, 3.8) is 0 Å². The maximum Gasteiger partial charge on any atom is 0.257 e. The van der Waals surface area contributed by atoms with E-state index in [-0.39, 0.29) is 5.91 Å². The number of carbonyl (C=O) groups excluding carboxylic acids is 1. The fraction of sp³-hybridized carbons (Fsp3) is 0.294. The van der Waals surface area contributed by atoms with Crippen molar-refractivity contribution in [1.82, 2.24) is 10.3 Å². The van der Waals surface area contributed by atoms with Crippen molar-refractivity contribution in [2.45, 2.75) is 26.8 Å². The molecule has 0 fully saturated rings. The largest absolute Gasteiger partial charge is 0.322 e. The maximum absolute atomic E-state index is 12.6. The van der Waals surface area contributed by atoms with Crippen LogP contribution in [-0.2, 0) is 13.0 Å². The van der Waals surface area contributed by atoms with Crippen LogP contribution >= 0.6 is 0 Å². The number of nitrogens with one attached hydrogen (secondary N) is 2. The summed E-state index contributed by atoms with van der Waals surface area (Å²) in [5.41, 5.74) is 6.07. The Labute approximate surface area is 124 Å². The molecule has 0 bridgehead atoms. The summed E-state index contributed by atoms with van der Waals surface area (Å²) in [6, 6.07) is 5.94. The topological polar surface area (TPSA) is 54.0 Å². The molecule has 1 aromatic carbocycles. The highest BCUT2D eigenvalue weighted by molar-refractivity contribution is 6.05. The van der Waals surface area contributed by atoms with Gasteiger partial charge >= 0.3 is 0 Å². The summed E-state index contributed by atoms with van der Waals surface area (Å²) in [6.45, 7) is 5.75. The number of rotatable bonds is 2. The predicted molar refractivity (Wildman–Crippen MR) is 83.5 cm³/mol. The van der Waals surface area contributed by atoms with Crippen LogP contribution in [0.2, 0.25) is 0 Å². The number of aryl methyl sites for hydroxylation is 1. The molecule has 1 aliphatic heterocycles. The Hall–Kier alpha value is -2.20. The molecule has 4 nitrogen and oxygen atoms in total. The summed E-state index contributed by atoms with van der Waals surface area (Å²) in [7, 11) is 0. The monoisotopic (exact) mass is 281 g/mol. The molecule has 1 aliphatic rings. The number of hydrogen-bond acceptors (Lipinski definition) is 3. The minimum absolute atomic E-state index is 0.0741. The zero-order valence-corrected chi connectivity index (χ0v) is 12.4. The molecule has 0 saturated heterocycles. The van der Waals surface area contributed by atoms with E-state index in [0.717, 1.165) is 41.9 Å². The zero-order chi connectivity index (χ0) is 14.8. The first-order valence-corrected chi connectivity index (χ1v) is 7.21. The number of anilines is 1. The van der Waals surface area contributed by atoms with E-state index >= 15 is 0 Å². The van der Waals surface area contributed by atoms with Crippen molar-refractivity contribution in [3.8, 4) is 0 Å². The van der Waals surface area contributed by atoms with E-state index in [1.807, 2.05) is 38.2 Å². The van der Waals surface area contributed by atoms with Crippen LogP contribution in [0.15, 0.2) is 30.6 Å². The number of pyridine rings is 1. The van der Waals surface area contributed by atoms with Gasteiger partial charge in [-0.3, -0.25) is 9.78 Å². The quantitative estimate of drug-likeness (QED) is 0.889. The SMILES string of the molecule is Cc1cccc(NC(=O)c2cncc3c2CCNC3)c1C. The maximum atomic E-state index is 12.6. The van der Waals surface area contributed by atoms with Gasteiger partial charge in [-0.15, -0.1) is 0 Å². The van der Waals surface area contributed by atoms with Gasteiger partial charge in [0, 0.05) is 24.6 Å². The summed E-state index contributed by atoms with van der Waals surface area (Å²) >= 11 is 0. The zero-order valence-electron chi connectivity index (χ0n) is 12.4. The van der Waals surface area contributed by atoms with E-state index in [4.69, 9.17) is 0 Å². The number of nitrogens with zero attached hydrogens (tertiary/aromatic N) is 1. The van der Waals surface area contributed by atoms with Crippen molar-refractivity contribution in [1.29, 1.82) is 0 Å². The third kappa shape index (κ3) is 2.67. The number of amides is 1. The molecule has 3 rings (SSSR count). The smallest absolute Gasteiger partial charge is 0.257 e. The Bertz CT molecular complexity index is 694. The molecule has 0 atom stereocenters. The number of fused-ring (bicyclic) bond motifs is 1. The highest BCUT2D eigenvalue weighted by Gasteiger charge is 2.18. The number of aromatic nitrogens is 1. The molecule has 108 valence electrons. The minimum Gasteiger partial charge on any atom is -0.322 e. The van der Waals surface area contributed by atoms with Gasteiger partial charge in [-0.25, -0.2) is 0 Å². The van der Waals surface area contributed by atoms with Crippen LogP contribution in [0.4, 0.5) is 5.69 Å². The molecule has 4 heteroatoms. The first-order valence-electron chi connectivity index (χ1n) is 7.21. The summed E-state index contributed by atoms with van der Waals surface area (Å²) in [6.07, 6.45) is 4.38. The van der Waals surface area contributed by atoms with Gasteiger partial charge in [0.15, 0.2) is 0 Å². The minimum atomic E-state index is -0.0741. The van der Waals surface area contributed by atoms with E-state index in [2.05, 4.69) is 15.6 Å². The van der Waals surface area contributed by atoms with E-state index in [1.54, 1.807) is 6.20 Å². The molecule has 2 heterocycles. The van der Waals surface area contributed by atoms with E-state index in [0.29, 0.717) is 5.56 Å². The van der Waals surface area contributed by atoms with Crippen LogP contribution in [0.25, 0.3) is 0 Å². The lowest BCUT2D eigenvalue weighted by molar-refractivity contribution is 0.102. The number of hydrogen-bond donors (Lipinski definition) is 2. The van der Waals surface area contributed by atoms with Crippen LogP contribution in [-0.4, -0.2) is 17.4 Å². The molecular weight excluding hydrogens is 262 g/mol. The average Bonchev–Trinajstić information content (AvgIpc) is 2.51. The molecule has 21 heavy (non-hydrogen) atoms. The highest BCUT2D eigenvalue weighted by atomic mass is 16.1. The van der Waals surface area contributed by atoms with Crippen molar-refractivity contribution >= 4 is 11.6 Å². The Morgan fingerprint density at radius 2 is 2.14 bits per heavy atom. The third-order valence-electron chi connectivity index (χ3n) is 4.11. The molecule has 0 unspecified atom stereocenters. The second-order valence-corrected chi connectivity index (χ2v) is 5.45. The Morgan fingerprint density at radius 1 is 1.29 bits per heavy atom.